The molecule has 8 aromatic rings. The van der Waals surface area contributed by atoms with Crippen molar-refractivity contribution in [2.45, 2.75) is 57.8 Å². The van der Waals surface area contributed by atoms with Gasteiger partial charge >= 0.3 is 0 Å². The van der Waals surface area contributed by atoms with Gasteiger partial charge in [-0.05, 0) is 131 Å². The maximum Gasteiger partial charge on any atom is 0.0465 e. The molecule has 0 unspecified atom stereocenters. The minimum absolute atomic E-state index is 0.0631. The Balaban J connectivity index is 1.11. The number of hydrogen-bond donors (Lipinski definition) is 0. The molecule has 56 heavy (non-hydrogen) atoms. The van der Waals surface area contributed by atoms with Crippen LogP contribution in [0.1, 0.15) is 74.9 Å². The first kappa shape index (κ1) is 33.2. The minimum atomic E-state index is -0.220. The molecule has 11 rings (SSSR count). The molecular weight excluding hydrogens is 675 g/mol. The van der Waals surface area contributed by atoms with Gasteiger partial charge < -0.3 is 4.90 Å². The van der Waals surface area contributed by atoms with E-state index in [1.165, 1.54) is 100 Å². The summed E-state index contributed by atoms with van der Waals surface area (Å²) in [6.07, 6.45) is 0. The number of fused-ring (bicyclic) bond motifs is 8. The summed E-state index contributed by atoms with van der Waals surface area (Å²) in [5, 5.41) is 2.67. The summed E-state index contributed by atoms with van der Waals surface area (Å²) in [5.74, 6) is 0. The van der Waals surface area contributed by atoms with Crippen LogP contribution in [0.15, 0.2) is 164 Å². The molecule has 270 valence electrons. The molecule has 0 fully saturated rings. The predicted molar refractivity (Wildman–Crippen MR) is 237 cm³/mol. The van der Waals surface area contributed by atoms with Crippen LogP contribution in [-0.2, 0) is 16.2 Å². The van der Waals surface area contributed by atoms with Crippen LogP contribution in [0.3, 0.4) is 0 Å². The minimum Gasteiger partial charge on any atom is -0.310 e. The normalized spacial score (nSPS) is 15.8. The topological polar surface area (TPSA) is 3.24 Å². The molecule has 3 aliphatic carbocycles. The van der Waals surface area contributed by atoms with Crippen LogP contribution in [0.5, 0.6) is 0 Å². The molecule has 0 heterocycles. The molecule has 0 N–H and O–H groups in total. The van der Waals surface area contributed by atoms with Gasteiger partial charge in [-0.2, -0.15) is 0 Å². The van der Waals surface area contributed by atoms with Gasteiger partial charge in [-0.25, -0.2) is 0 Å². The molecule has 3 aliphatic rings. The van der Waals surface area contributed by atoms with Crippen LogP contribution < -0.4 is 4.90 Å². The average molecular weight is 720 g/mol. The molecule has 0 spiro atoms. The van der Waals surface area contributed by atoms with E-state index in [0.29, 0.717) is 0 Å². The largest absolute Gasteiger partial charge is 0.310 e. The van der Waals surface area contributed by atoms with Crippen molar-refractivity contribution in [2.24, 2.45) is 0 Å². The fourth-order valence-corrected chi connectivity index (χ4v) is 10.7. The second-order valence-electron chi connectivity index (χ2n) is 17.7. The van der Waals surface area contributed by atoms with Crippen molar-refractivity contribution in [3.05, 3.63) is 197 Å². The number of rotatable bonds is 4. The third-order valence-corrected chi connectivity index (χ3v) is 13.7. The number of para-hydroxylation sites is 1. The van der Waals surface area contributed by atoms with E-state index < -0.39 is 0 Å². The summed E-state index contributed by atoms with van der Waals surface area (Å²) < 4.78 is 0. The fourth-order valence-electron chi connectivity index (χ4n) is 10.7. The van der Waals surface area contributed by atoms with E-state index in [-0.39, 0.29) is 16.2 Å². The van der Waals surface area contributed by atoms with E-state index in [2.05, 4.69) is 210 Å². The first-order chi connectivity index (χ1) is 27.0. The molecule has 0 radical (unpaired) electrons. The van der Waals surface area contributed by atoms with Gasteiger partial charge in [0.15, 0.2) is 0 Å². The Morgan fingerprint density at radius 3 is 1.46 bits per heavy atom. The van der Waals surface area contributed by atoms with Crippen LogP contribution >= 0.6 is 0 Å². The Bertz CT molecular complexity index is 2940. The highest BCUT2D eigenvalue weighted by Crippen LogP contribution is 2.56. The lowest BCUT2D eigenvalue weighted by Crippen LogP contribution is -2.24. The van der Waals surface area contributed by atoms with Crippen LogP contribution in [0.4, 0.5) is 17.1 Å². The Labute approximate surface area is 330 Å². The van der Waals surface area contributed by atoms with Gasteiger partial charge in [0.05, 0.1) is 0 Å². The van der Waals surface area contributed by atoms with Gasteiger partial charge in [0.25, 0.3) is 0 Å². The Morgan fingerprint density at radius 2 is 0.804 bits per heavy atom. The highest BCUT2D eigenvalue weighted by atomic mass is 15.1. The first-order valence-electron chi connectivity index (χ1n) is 20.1. The maximum absolute atomic E-state index is 2.48. The number of hydrogen-bond acceptors (Lipinski definition) is 1. The maximum atomic E-state index is 2.48. The molecular formula is C55H45N. The summed E-state index contributed by atoms with van der Waals surface area (Å²) in [4.78, 5) is 2.46. The highest BCUT2D eigenvalue weighted by molar-refractivity contribution is 6.09. The van der Waals surface area contributed by atoms with Gasteiger partial charge in [0, 0.05) is 33.3 Å². The summed E-state index contributed by atoms with van der Waals surface area (Å²) in [6, 6.07) is 61.9. The quantitative estimate of drug-likeness (QED) is 0.175. The van der Waals surface area contributed by atoms with Crippen LogP contribution in [0, 0.1) is 0 Å². The molecule has 1 heteroatoms. The summed E-state index contributed by atoms with van der Waals surface area (Å²) >= 11 is 0. The van der Waals surface area contributed by atoms with Crippen LogP contribution in [0.2, 0.25) is 0 Å². The number of nitrogens with zero attached hydrogens (tertiary/aromatic N) is 1. The van der Waals surface area contributed by atoms with Gasteiger partial charge in [0.2, 0.25) is 0 Å². The Kier molecular flexibility index (Phi) is 6.77. The van der Waals surface area contributed by atoms with Gasteiger partial charge in [-0.15, -0.1) is 0 Å². The molecule has 8 aromatic carbocycles. The van der Waals surface area contributed by atoms with E-state index in [1.54, 1.807) is 0 Å². The fraction of sp³-hybridized carbons (Fsp3) is 0.164. The lowest BCUT2D eigenvalue weighted by molar-refractivity contribution is 0.645. The third-order valence-electron chi connectivity index (χ3n) is 13.7. The SMILES string of the molecule is CC1(C)c2ccccc2-c2ccc(-c3ccc4cccc5c4c3-c3ccc(N(c4ccccc4)c4ccc6c(c4)C(C)(C)c4ccccc4-6)cc3C5(C)C)cc21. The van der Waals surface area contributed by atoms with Crippen molar-refractivity contribution in [3.8, 4) is 44.5 Å². The summed E-state index contributed by atoms with van der Waals surface area (Å²) in [7, 11) is 0. The third kappa shape index (κ3) is 4.43. The van der Waals surface area contributed by atoms with Gasteiger partial charge in [0.1, 0.15) is 0 Å². The van der Waals surface area contributed by atoms with Crippen molar-refractivity contribution in [1.29, 1.82) is 0 Å². The second-order valence-corrected chi connectivity index (χ2v) is 17.7. The molecule has 0 atom stereocenters. The van der Waals surface area contributed by atoms with Crippen LogP contribution in [-0.4, -0.2) is 0 Å². The molecule has 0 amide bonds. The molecule has 0 aliphatic heterocycles. The van der Waals surface area contributed by atoms with Crippen LogP contribution in [0.25, 0.3) is 55.3 Å². The van der Waals surface area contributed by atoms with E-state index >= 15 is 0 Å². The van der Waals surface area contributed by atoms with Crippen molar-refractivity contribution in [1.82, 2.24) is 0 Å². The van der Waals surface area contributed by atoms with Crippen molar-refractivity contribution in [2.75, 3.05) is 4.90 Å². The zero-order chi connectivity index (χ0) is 38.1. The first-order valence-corrected chi connectivity index (χ1v) is 20.1. The molecule has 0 saturated heterocycles. The van der Waals surface area contributed by atoms with E-state index in [9.17, 15) is 0 Å². The number of anilines is 3. The average Bonchev–Trinajstić information content (AvgIpc) is 3.59. The molecule has 0 bridgehead atoms. The Morgan fingerprint density at radius 1 is 0.321 bits per heavy atom. The highest BCUT2D eigenvalue weighted by Gasteiger charge is 2.39. The molecule has 1 nitrogen and oxygen atoms in total. The van der Waals surface area contributed by atoms with E-state index in [0.717, 1.165) is 5.69 Å². The lowest BCUT2D eigenvalue weighted by Gasteiger charge is -2.37. The summed E-state index contributed by atoms with van der Waals surface area (Å²) in [6.45, 7) is 14.3. The smallest absolute Gasteiger partial charge is 0.0465 e. The summed E-state index contributed by atoms with van der Waals surface area (Å²) in [5.41, 5.74) is 22.1. The second kappa shape index (κ2) is 11.4. The predicted octanol–water partition coefficient (Wildman–Crippen LogP) is 14.9. The van der Waals surface area contributed by atoms with Gasteiger partial charge in [-0.3, -0.25) is 0 Å². The van der Waals surface area contributed by atoms with E-state index in [1.807, 2.05) is 0 Å². The zero-order valence-electron chi connectivity index (χ0n) is 33.0. The van der Waals surface area contributed by atoms with Crippen molar-refractivity contribution < 1.29 is 0 Å². The van der Waals surface area contributed by atoms with Crippen molar-refractivity contribution in [3.63, 3.8) is 0 Å². The number of benzene rings is 8. The monoisotopic (exact) mass is 719 g/mol. The molecule has 0 aromatic heterocycles. The van der Waals surface area contributed by atoms with Gasteiger partial charge in [-0.1, -0.05) is 163 Å². The van der Waals surface area contributed by atoms with E-state index in [4.69, 9.17) is 0 Å². The van der Waals surface area contributed by atoms with Crippen molar-refractivity contribution >= 4 is 27.8 Å². The standard InChI is InChI=1S/C55H45N/c1-53(2)45-20-12-10-18-40(45)42-28-24-35(31-48(42)53)39-27-23-34-15-14-22-47-51(34)52(39)44-30-26-38(33-50(44)55(47,5)6)56(36-16-8-7-9-17-36)37-25-29-43-41-19-11-13-21-46(41)54(3,4)49(43)32-37/h7-33H,1-6H3. The Hall–Kier alpha value is -6.18. The molecule has 0 saturated carbocycles. The lowest BCUT2D eigenvalue weighted by atomic mass is 9.67. The zero-order valence-corrected chi connectivity index (χ0v) is 33.0.